The van der Waals surface area contributed by atoms with Crippen molar-refractivity contribution in [1.29, 1.82) is 0 Å². The standard InChI is InChI=1S/C37H38N2O7/c1-43-30-18-14-28(15-19-30)37(27-10-4-3-5-11-27,29-16-20-31(44-2)21-17-29)45-24-33-32(40)22-34(46-33)39-23-26(35(41)38-36(39)42)13-12-25-8-6-7-9-25/h3-8,10-11,14-21,23,32-34,40H,9,12-13,22,24H2,1-2H3,(H,38,41,42)/t32-,33+,34+/m0/s1. The topological polar surface area (TPSA) is 112 Å². The van der Waals surface area contributed by atoms with Gasteiger partial charge in [-0.3, -0.25) is 14.3 Å². The fraction of sp³-hybridized carbons (Fsp3) is 0.297. The zero-order valence-electron chi connectivity index (χ0n) is 25.9. The Labute approximate surface area is 267 Å². The summed E-state index contributed by atoms with van der Waals surface area (Å²) in [6.07, 6.45) is 7.51. The predicted molar refractivity (Wildman–Crippen MR) is 174 cm³/mol. The lowest BCUT2D eigenvalue weighted by atomic mass is 9.80. The van der Waals surface area contributed by atoms with Gasteiger partial charge in [0.05, 0.1) is 26.9 Å². The number of nitrogens with one attached hydrogen (secondary N) is 1. The SMILES string of the molecule is COc1ccc(C(OC[C@H]2O[C@@H](n3cc(CCC4=CC=CC4)c(=O)[nH]c3=O)C[C@@H]2O)(c2ccccc2)c2ccc(OC)cc2)cc1. The number of ether oxygens (including phenoxy) is 4. The predicted octanol–water partition coefficient (Wildman–Crippen LogP) is 5.03. The maximum absolute atomic E-state index is 12.9. The molecular weight excluding hydrogens is 584 g/mol. The molecule has 2 N–H and O–H groups in total. The van der Waals surface area contributed by atoms with Crippen molar-refractivity contribution in [1.82, 2.24) is 9.55 Å². The van der Waals surface area contributed by atoms with Crippen LogP contribution in [0.25, 0.3) is 0 Å². The Kier molecular flexibility index (Phi) is 9.35. The Morgan fingerprint density at radius 3 is 2.11 bits per heavy atom. The molecule has 4 aromatic rings. The summed E-state index contributed by atoms with van der Waals surface area (Å²) in [5.41, 5.74) is 2.23. The summed E-state index contributed by atoms with van der Waals surface area (Å²) in [6.45, 7) is 0.0106. The number of hydrogen-bond acceptors (Lipinski definition) is 7. The lowest BCUT2D eigenvalue weighted by Crippen LogP contribution is -2.38. The van der Waals surface area contributed by atoms with Crippen molar-refractivity contribution in [2.75, 3.05) is 20.8 Å². The zero-order chi connectivity index (χ0) is 32.1. The summed E-state index contributed by atoms with van der Waals surface area (Å²) < 4.78 is 25.5. The number of aryl methyl sites for hydroxylation is 1. The largest absolute Gasteiger partial charge is 0.497 e. The summed E-state index contributed by atoms with van der Waals surface area (Å²) in [5.74, 6) is 1.42. The molecule has 2 heterocycles. The van der Waals surface area contributed by atoms with Crippen molar-refractivity contribution in [3.05, 3.63) is 152 Å². The molecule has 0 radical (unpaired) electrons. The second kappa shape index (κ2) is 13.7. The minimum atomic E-state index is -1.09. The Balaban J connectivity index is 1.30. The van der Waals surface area contributed by atoms with Gasteiger partial charge in [-0.15, -0.1) is 0 Å². The van der Waals surface area contributed by atoms with Crippen molar-refractivity contribution < 1.29 is 24.1 Å². The van der Waals surface area contributed by atoms with E-state index in [-0.39, 0.29) is 13.0 Å². The van der Waals surface area contributed by atoms with Crippen LogP contribution in [0.3, 0.4) is 0 Å². The minimum absolute atomic E-state index is 0.0106. The van der Waals surface area contributed by atoms with E-state index in [4.69, 9.17) is 18.9 Å². The number of nitrogens with zero attached hydrogens (tertiary/aromatic N) is 1. The Morgan fingerprint density at radius 1 is 0.891 bits per heavy atom. The van der Waals surface area contributed by atoms with Gasteiger partial charge in [0, 0.05) is 18.2 Å². The molecular formula is C37H38N2O7. The van der Waals surface area contributed by atoms with Crippen molar-refractivity contribution in [3.8, 4) is 11.5 Å². The van der Waals surface area contributed by atoms with Gasteiger partial charge in [0.1, 0.15) is 29.4 Å². The number of benzene rings is 3. The lowest BCUT2D eigenvalue weighted by molar-refractivity contribution is -0.0944. The average molecular weight is 623 g/mol. The van der Waals surface area contributed by atoms with Crippen molar-refractivity contribution in [2.45, 2.75) is 49.7 Å². The molecule has 0 spiro atoms. The van der Waals surface area contributed by atoms with E-state index in [1.807, 2.05) is 84.9 Å². The van der Waals surface area contributed by atoms with Gasteiger partial charge in [-0.05, 0) is 60.2 Å². The molecule has 1 fully saturated rings. The fourth-order valence-electron chi connectivity index (χ4n) is 6.21. The highest BCUT2D eigenvalue weighted by Gasteiger charge is 2.42. The highest BCUT2D eigenvalue weighted by atomic mass is 16.6. The molecule has 9 heteroatoms. The van der Waals surface area contributed by atoms with Crippen LogP contribution < -0.4 is 20.7 Å². The van der Waals surface area contributed by atoms with E-state index >= 15 is 0 Å². The Morgan fingerprint density at radius 2 is 1.52 bits per heavy atom. The molecule has 0 amide bonds. The van der Waals surface area contributed by atoms with E-state index in [2.05, 4.69) is 17.1 Å². The number of H-pyrrole nitrogens is 1. The number of methoxy groups -OCH3 is 2. The zero-order valence-corrected chi connectivity index (χ0v) is 25.9. The van der Waals surface area contributed by atoms with E-state index in [1.165, 1.54) is 10.1 Å². The molecule has 2 aliphatic rings. The first-order valence-electron chi connectivity index (χ1n) is 15.4. The van der Waals surface area contributed by atoms with Crippen LogP contribution in [-0.4, -0.2) is 47.7 Å². The first-order chi connectivity index (χ1) is 22.4. The molecule has 1 aliphatic carbocycles. The molecule has 3 atom stereocenters. The molecule has 6 rings (SSSR count). The normalized spacial score (nSPS) is 19.3. The van der Waals surface area contributed by atoms with Crippen LogP contribution in [0.2, 0.25) is 0 Å². The number of rotatable bonds is 12. The van der Waals surface area contributed by atoms with Crippen molar-refractivity contribution in [2.24, 2.45) is 0 Å². The first-order valence-corrected chi connectivity index (χ1v) is 15.4. The number of allylic oxidation sites excluding steroid dienone is 4. The quantitative estimate of drug-likeness (QED) is 0.213. The Bertz CT molecular complexity index is 1760. The monoisotopic (exact) mass is 622 g/mol. The van der Waals surface area contributed by atoms with Gasteiger partial charge < -0.3 is 24.1 Å². The van der Waals surface area contributed by atoms with E-state index in [1.54, 1.807) is 20.4 Å². The average Bonchev–Trinajstić information content (AvgIpc) is 3.75. The van der Waals surface area contributed by atoms with Gasteiger partial charge in [0.25, 0.3) is 5.56 Å². The van der Waals surface area contributed by atoms with Gasteiger partial charge >= 0.3 is 5.69 Å². The lowest BCUT2D eigenvalue weighted by Gasteiger charge is -2.37. The molecule has 9 nitrogen and oxygen atoms in total. The highest BCUT2D eigenvalue weighted by molar-refractivity contribution is 5.49. The van der Waals surface area contributed by atoms with Crippen molar-refractivity contribution in [3.63, 3.8) is 0 Å². The molecule has 46 heavy (non-hydrogen) atoms. The minimum Gasteiger partial charge on any atom is -0.497 e. The maximum atomic E-state index is 12.9. The van der Waals surface area contributed by atoms with Crippen LogP contribution >= 0.6 is 0 Å². The maximum Gasteiger partial charge on any atom is 0.330 e. The first kappa shape index (κ1) is 31.3. The van der Waals surface area contributed by atoms with Crippen LogP contribution in [0.15, 0.2) is 118 Å². The summed E-state index contributed by atoms with van der Waals surface area (Å²) in [4.78, 5) is 27.9. The molecule has 3 aromatic carbocycles. The number of hydrogen-bond donors (Lipinski definition) is 2. The van der Waals surface area contributed by atoms with E-state index < -0.39 is 35.3 Å². The molecule has 1 aromatic heterocycles. The second-order valence-electron chi connectivity index (χ2n) is 11.5. The van der Waals surface area contributed by atoms with E-state index in [9.17, 15) is 14.7 Å². The van der Waals surface area contributed by atoms with E-state index in [0.717, 1.165) is 29.5 Å². The van der Waals surface area contributed by atoms with Crippen LogP contribution in [0.4, 0.5) is 0 Å². The Hall–Kier alpha value is -4.70. The number of aromatic amines is 1. The van der Waals surface area contributed by atoms with Gasteiger partial charge in [0.2, 0.25) is 0 Å². The van der Waals surface area contributed by atoms with Gasteiger partial charge in [-0.1, -0.05) is 78.4 Å². The third-order valence-electron chi connectivity index (χ3n) is 8.76. The van der Waals surface area contributed by atoms with Gasteiger partial charge in [-0.25, -0.2) is 4.79 Å². The molecule has 0 unspecified atom stereocenters. The summed E-state index contributed by atoms with van der Waals surface area (Å²) in [6, 6.07) is 25.3. The fourth-order valence-corrected chi connectivity index (χ4v) is 6.21. The van der Waals surface area contributed by atoms with E-state index in [0.29, 0.717) is 23.5 Å². The van der Waals surface area contributed by atoms with Crippen LogP contribution in [0.1, 0.15) is 47.7 Å². The van der Waals surface area contributed by atoms with Crippen molar-refractivity contribution >= 4 is 0 Å². The number of aliphatic hydroxyl groups excluding tert-OH is 1. The van der Waals surface area contributed by atoms with Gasteiger partial charge in [0.15, 0.2) is 0 Å². The van der Waals surface area contributed by atoms with Crippen LogP contribution in [-0.2, 0) is 21.5 Å². The smallest absolute Gasteiger partial charge is 0.330 e. The third kappa shape index (κ3) is 6.35. The summed E-state index contributed by atoms with van der Waals surface area (Å²) in [7, 11) is 3.24. The molecule has 1 aliphatic heterocycles. The third-order valence-corrected chi connectivity index (χ3v) is 8.76. The second-order valence-corrected chi connectivity index (χ2v) is 11.5. The molecule has 0 bridgehead atoms. The van der Waals surface area contributed by atoms with Crippen LogP contribution in [0.5, 0.6) is 11.5 Å². The summed E-state index contributed by atoms with van der Waals surface area (Å²) >= 11 is 0. The number of aliphatic hydroxyl groups is 1. The molecule has 1 saturated heterocycles. The highest BCUT2D eigenvalue weighted by Crippen LogP contribution is 2.42. The molecule has 0 saturated carbocycles. The van der Waals surface area contributed by atoms with Crippen LogP contribution in [0, 0.1) is 0 Å². The summed E-state index contributed by atoms with van der Waals surface area (Å²) in [5, 5.41) is 11.2. The van der Waals surface area contributed by atoms with Gasteiger partial charge in [-0.2, -0.15) is 0 Å². The number of aromatic nitrogens is 2. The molecule has 238 valence electrons.